The fourth-order valence-electron chi connectivity index (χ4n) is 1.17. The van der Waals surface area contributed by atoms with Crippen LogP contribution >= 0.6 is 23.2 Å². The van der Waals surface area contributed by atoms with E-state index in [1.165, 1.54) is 0 Å². The summed E-state index contributed by atoms with van der Waals surface area (Å²) in [6, 6.07) is 1.60. The van der Waals surface area contributed by atoms with Crippen LogP contribution in [0.1, 0.15) is 10.4 Å². The molecule has 0 saturated carbocycles. The van der Waals surface area contributed by atoms with E-state index in [-0.39, 0.29) is 10.3 Å². The summed E-state index contributed by atoms with van der Waals surface area (Å²) in [7, 11) is 0. The van der Waals surface area contributed by atoms with Crippen LogP contribution in [0.4, 0.5) is 0 Å². The molecule has 2 aromatic heterocycles. The molecule has 0 saturated heterocycles. The molecule has 66 valence electrons. The van der Waals surface area contributed by atoms with Gasteiger partial charge in [0.15, 0.2) is 11.4 Å². The number of aldehydes is 1. The standard InChI is InChI=1S/C8H4Cl2N2O/c9-6-1-5-4(3-13)2-11-7(5)8(10)12-6/h1-3,11H. The molecule has 1 N–H and O–H groups in total. The van der Waals surface area contributed by atoms with Crippen molar-refractivity contribution >= 4 is 40.4 Å². The number of hydrogen-bond acceptors (Lipinski definition) is 2. The van der Waals surface area contributed by atoms with Crippen LogP contribution in [0.15, 0.2) is 12.3 Å². The van der Waals surface area contributed by atoms with Crippen molar-refractivity contribution in [3.63, 3.8) is 0 Å². The van der Waals surface area contributed by atoms with Gasteiger partial charge in [0, 0.05) is 17.1 Å². The quantitative estimate of drug-likeness (QED) is 0.587. The van der Waals surface area contributed by atoms with Crippen LogP contribution in [-0.2, 0) is 0 Å². The topological polar surface area (TPSA) is 45.8 Å². The van der Waals surface area contributed by atoms with Gasteiger partial charge in [-0.25, -0.2) is 4.98 Å². The van der Waals surface area contributed by atoms with E-state index in [4.69, 9.17) is 23.2 Å². The van der Waals surface area contributed by atoms with Gasteiger partial charge in [-0.3, -0.25) is 4.79 Å². The molecular formula is C8H4Cl2N2O. The Morgan fingerprint density at radius 3 is 2.92 bits per heavy atom. The highest BCUT2D eigenvalue weighted by atomic mass is 35.5. The molecular weight excluding hydrogens is 211 g/mol. The van der Waals surface area contributed by atoms with Gasteiger partial charge in [-0.05, 0) is 6.07 Å². The Morgan fingerprint density at radius 2 is 2.23 bits per heavy atom. The largest absolute Gasteiger partial charge is 0.358 e. The molecule has 13 heavy (non-hydrogen) atoms. The van der Waals surface area contributed by atoms with E-state index < -0.39 is 0 Å². The van der Waals surface area contributed by atoms with Crippen molar-refractivity contribution in [3.05, 3.63) is 28.1 Å². The highest BCUT2D eigenvalue weighted by Gasteiger charge is 2.08. The smallest absolute Gasteiger partial charge is 0.154 e. The minimum absolute atomic E-state index is 0.274. The first-order valence-corrected chi connectivity index (χ1v) is 4.26. The van der Waals surface area contributed by atoms with Crippen molar-refractivity contribution in [2.45, 2.75) is 0 Å². The van der Waals surface area contributed by atoms with Gasteiger partial charge >= 0.3 is 0 Å². The minimum Gasteiger partial charge on any atom is -0.358 e. The molecule has 0 bridgehead atoms. The number of aromatic amines is 1. The summed E-state index contributed by atoms with van der Waals surface area (Å²) >= 11 is 11.5. The van der Waals surface area contributed by atoms with E-state index in [1.807, 2.05) is 0 Å². The third-order valence-corrected chi connectivity index (χ3v) is 2.22. The number of rotatable bonds is 1. The second-order valence-corrected chi connectivity index (χ2v) is 3.27. The third-order valence-electron chi connectivity index (χ3n) is 1.75. The summed E-state index contributed by atoms with van der Waals surface area (Å²) in [6.07, 6.45) is 2.31. The summed E-state index contributed by atoms with van der Waals surface area (Å²) in [4.78, 5) is 17.3. The molecule has 3 nitrogen and oxygen atoms in total. The van der Waals surface area contributed by atoms with Crippen LogP contribution in [0.25, 0.3) is 10.9 Å². The number of pyridine rings is 1. The van der Waals surface area contributed by atoms with E-state index in [2.05, 4.69) is 9.97 Å². The summed E-state index contributed by atoms with van der Waals surface area (Å²) in [5.74, 6) is 0. The number of nitrogens with zero attached hydrogens (tertiary/aromatic N) is 1. The van der Waals surface area contributed by atoms with Crippen LogP contribution < -0.4 is 0 Å². The van der Waals surface area contributed by atoms with Crippen molar-refractivity contribution in [1.82, 2.24) is 9.97 Å². The third kappa shape index (κ3) is 1.30. The molecule has 0 aliphatic rings. The maximum absolute atomic E-state index is 10.6. The molecule has 0 aromatic carbocycles. The molecule has 0 amide bonds. The predicted octanol–water partition coefficient (Wildman–Crippen LogP) is 2.68. The van der Waals surface area contributed by atoms with Gasteiger partial charge in [-0.2, -0.15) is 0 Å². The number of nitrogens with one attached hydrogen (secondary N) is 1. The first kappa shape index (κ1) is 8.53. The number of H-pyrrole nitrogens is 1. The number of aromatic nitrogens is 2. The molecule has 2 heterocycles. The Balaban J connectivity index is 2.89. The fourth-order valence-corrected chi connectivity index (χ4v) is 1.66. The molecule has 2 aromatic rings. The van der Waals surface area contributed by atoms with Gasteiger partial charge in [0.25, 0.3) is 0 Å². The maximum atomic E-state index is 10.6. The lowest BCUT2D eigenvalue weighted by atomic mass is 10.2. The van der Waals surface area contributed by atoms with Gasteiger partial charge in [0.1, 0.15) is 5.15 Å². The SMILES string of the molecule is O=Cc1c[nH]c2c(Cl)nc(Cl)cc12. The number of hydrogen-bond donors (Lipinski definition) is 1. The molecule has 0 fully saturated rings. The average molecular weight is 215 g/mol. The molecule has 0 atom stereocenters. The zero-order valence-electron chi connectivity index (χ0n) is 6.34. The summed E-state index contributed by atoms with van der Waals surface area (Å²) in [5.41, 5.74) is 1.16. The molecule has 0 aliphatic carbocycles. The van der Waals surface area contributed by atoms with Crippen molar-refractivity contribution in [3.8, 4) is 0 Å². The summed E-state index contributed by atoms with van der Waals surface area (Å²) in [5, 5.41) is 1.25. The van der Waals surface area contributed by atoms with Crippen LogP contribution in [0.2, 0.25) is 10.3 Å². The average Bonchev–Trinajstić information content (AvgIpc) is 2.47. The lowest BCUT2D eigenvalue weighted by molar-refractivity contribution is 0.112. The van der Waals surface area contributed by atoms with E-state index in [9.17, 15) is 4.79 Å². The van der Waals surface area contributed by atoms with Crippen LogP contribution in [0.3, 0.4) is 0 Å². The molecule has 0 spiro atoms. The first-order chi connectivity index (χ1) is 6.22. The highest BCUT2D eigenvalue weighted by Crippen LogP contribution is 2.25. The number of carbonyl (C=O) groups is 1. The Morgan fingerprint density at radius 1 is 1.46 bits per heavy atom. The second kappa shape index (κ2) is 3.01. The number of fused-ring (bicyclic) bond motifs is 1. The molecule has 0 radical (unpaired) electrons. The lowest BCUT2D eigenvalue weighted by Crippen LogP contribution is -1.80. The van der Waals surface area contributed by atoms with Crippen molar-refractivity contribution in [2.75, 3.05) is 0 Å². The van der Waals surface area contributed by atoms with Gasteiger partial charge in [0.05, 0.1) is 5.52 Å². The Hall–Kier alpha value is -1.06. The minimum atomic E-state index is 0.274. The van der Waals surface area contributed by atoms with Gasteiger partial charge in [0.2, 0.25) is 0 Å². The van der Waals surface area contributed by atoms with Crippen LogP contribution in [0.5, 0.6) is 0 Å². The molecule has 0 aliphatic heterocycles. The highest BCUT2D eigenvalue weighted by molar-refractivity contribution is 6.36. The molecule has 0 unspecified atom stereocenters. The summed E-state index contributed by atoms with van der Waals surface area (Å²) < 4.78 is 0. The van der Waals surface area contributed by atoms with Gasteiger partial charge < -0.3 is 4.98 Å². The predicted molar refractivity (Wildman–Crippen MR) is 51.5 cm³/mol. The van der Waals surface area contributed by atoms with Crippen LogP contribution in [-0.4, -0.2) is 16.3 Å². The zero-order chi connectivity index (χ0) is 9.42. The normalized spacial score (nSPS) is 10.6. The molecule has 2 rings (SSSR count). The van der Waals surface area contributed by atoms with Crippen LogP contribution in [0, 0.1) is 0 Å². The number of halogens is 2. The Labute approximate surface area is 83.7 Å². The fraction of sp³-hybridized carbons (Fsp3) is 0. The van der Waals surface area contributed by atoms with E-state index in [1.54, 1.807) is 12.3 Å². The van der Waals surface area contributed by atoms with E-state index in [0.717, 1.165) is 6.29 Å². The van der Waals surface area contributed by atoms with Gasteiger partial charge in [-0.15, -0.1) is 0 Å². The summed E-state index contributed by atoms with van der Waals surface area (Å²) in [6.45, 7) is 0. The van der Waals surface area contributed by atoms with Crippen molar-refractivity contribution in [2.24, 2.45) is 0 Å². The lowest BCUT2D eigenvalue weighted by Gasteiger charge is -1.94. The Bertz CT molecular complexity index is 478. The van der Waals surface area contributed by atoms with E-state index in [0.29, 0.717) is 16.5 Å². The molecule has 5 heteroatoms. The zero-order valence-corrected chi connectivity index (χ0v) is 7.86. The maximum Gasteiger partial charge on any atom is 0.154 e. The van der Waals surface area contributed by atoms with Crippen molar-refractivity contribution in [1.29, 1.82) is 0 Å². The second-order valence-electron chi connectivity index (χ2n) is 2.52. The van der Waals surface area contributed by atoms with Gasteiger partial charge in [-0.1, -0.05) is 23.2 Å². The first-order valence-electron chi connectivity index (χ1n) is 3.50. The monoisotopic (exact) mass is 214 g/mol. The van der Waals surface area contributed by atoms with E-state index >= 15 is 0 Å². The number of carbonyl (C=O) groups excluding carboxylic acids is 1. The van der Waals surface area contributed by atoms with Crippen molar-refractivity contribution < 1.29 is 4.79 Å². The Kier molecular flexibility index (Phi) is 1.98.